The summed E-state index contributed by atoms with van der Waals surface area (Å²) in [6.07, 6.45) is 0.268. The van der Waals surface area contributed by atoms with Crippen LogP contribution >= 0.6 is 15.9 Å². The van der Waals surface area contributed by atoms with Crippen LogP contribution in [0.2, 0.25) is 0 Å². The van der Waals surface area contributed by atoms with Crippen LogP contribution in [0.4, 0.5) is 0 Å². The quantitative estimate of drug-likeness (QED) is 0.730. The SMILES string of the molecule is N#CCc1c(Br)cccc1C#N. The molecule has 0 aliphatic heterocycles. The van der Waals surface area contributed by atoms with E-state index in [9.17, 15) is 0 Å². The predicted molar refractivity (Wildman–Crippen MR) is 48.2 cm³/mol. The van der Waals surface area contributed by atoms with Gasteiger partial charge >= 0.3 is 0 Å². The van der Waals surface area contributed by atoms with Gasteiger partial charge in [0.15, 0.2) is 0 Å². The second-order valence-electron chi connectivity index (χ2n) is 2.21. The van der Waals surface area contributed by atoms with Gasteiger partial charge in [-0.2, -0.15) is 10.5 Å². The van der Waals surface area contributed by atoms with E-state index >= 15 is 0 Å². The lowest BCUT2D eigenvalue weighted by atomic mass is 10.1. The van der Waals surface area contributed by atoms with Gasteiger partial charge in [-0.15, -0.1) is 0 Å². The average molecular weight is 221 g/mol. The monoisotopic (exact) mass is 220 g/mol. The third-order valence-corrected chi connectivity index (χ3v) is 2.24. The fourth-order valence-electron chi connectivity index (χ4n) is 0.922. The van der Waals surface area contributed by atoms with E-state index in [-0.39, 0.29) is 6.42 Å². The third kappa shape index (κ3) is 1.64. The fraction of sp³-hybridized carbons (Fsp3) is 0.111. The summed E-state index contributed by atoms with van der Waals surface area (Å²) in [5.41, 5.74) is 1.33. The van der Waals surface area contributed by atoms with Crippen LogP contribution in [-0.4, -0.2) is 0 Å². The number of hydrogen-bond donors (Lipinski definition) is 0. The number of hydrogen-bond acceptors (Lipinski definition) is 2. The van der Waals surface area contributed by atoms with Crippen molar-refractivity contribution >= 4 is 15.9 Å². The van der Waals surface area contributed by atoms with Crippen LogP contribution in [0.15, 0.2) is 22.7 Å². The lowest BCUT2D eigenvalue weighted by Crippen LogP contribution is -1.89. The maximum atomic E-state index is 8.69. The molecule has 0 saturated heterocycles. The van der Waals surface area contributed by atoms with Crippen molar-refractivity contribution in [3.63, 3.8) is 0 Å². The Bertz CT molecular complexity index is 371. The van der Waals surface area contributed by atoms with Gasteiger partial charge in [0, 0.05) is 4.47 Å². The molecule has 1 aromatic rings. The van der Waals surface area contributed by atoms with Crippen molar-refractivity contribution in [2.24, 2.45) is 0 Å². The number of rotatable bonds is 1. The van der Waals surface area contributed by atoms with Crippen molar-refractivity contribution in [3.8, 4) is 12.1 Å². The van der Waals surface area contributed by atoms with Crippen LogP contribution in [0.5, 0.6) is 0 Å². The standard InChI is InChI=1S/C9H5BrN2/c10-9-3-1-2-7(6-12)8(9)4-5-11/h1-3H,4H2. The Balaban J connectivity index is 3.24. The maximum absolute atomic E-state index is 8.69. The molecule has 0 radical (unpaired) electrons. The summed E-state index contributed by atoms with van der Waals surface area (Å²) in [4.78, 5) is 0. The van der Waals surface area contributed by atoms with Gasteiger partial charge in [0.05, 0.1) is 24.1 Å². The van der Waals surface area contributed by atoms with Crippen LogP contribution in [-0.2, 0) is 6.42 Å². The molecule has 0 spiro atoms. The number of halogens is 1. The molecular weight excluding hydrogens is 216 g/mol. The van der Waals surface area contributed by atoms with E-state index in [4.69, 9.17) is 10.5 Å². The summed E-state index contributed by atoms with van der Waals surface area (Å²) in [6, 6.07) is 9.37. The molecule has 0 bridgehead atoms. The second kappa shape index (κ2) is 3.90. The molecule has 0 atom stereocenters. The van der Waals surface area contributed by atoms with E-state index in [2.05, 4.69) is 15.9 Å². The van der Waals surface area contributed by atoms with Gasteiger partial charge in [-0.3, -0.25) is 0 Å². The Kier molecular flexibility index (Phi) is 2.85. The van der Waals surface area contributed by atoms with Gasteiger partial charge in [-0.25, -0.2) is 0 Å². The number of nitriles is 2. The number of benzene rings is 1. The van der Waals surface area contributed by atoms with E-state index < -0.39 is 0 Å². The summed E-state index contributed by atoms with van der Waals surface area (Å²) >= 11 is 3.29. The minimum atomic E-state index is 0.268. The van der Waals surface area contributed by atoms with Gasteiger partial charge in [0.2, 0.25) is 0 Å². The van der Waals surface area contributed by atoms with Gasteiger partial charge in [0.25, 0.3) is 0 Å². The first-order chi connectivity index (χ1) is 5.79. The maximum Gasteiger partial charge on any atom is 0.0995 e. The minimum absolute atomic E-state index is 0.268. The molecule has 0 fully saturated rings. The molecule has 58 valence electrons. The van der Waals surface area contributed by atoms with Crippen LogP contribution in [0.25, 0.3) is 0 Å². The average Bonchev–Trinajstić information content (AvgIpc) is 2.09. The lowest BCUT2D eigenvalue weighted by Gasteiger charge is -2.00. The Morgan fingerprint density at radius 1 is 1.33 bits per heavy atom. The molecule has 1 rings (SSSR count). The number of nitrogens with zero attached hydrogens (tertiary/aromatic N) is 2. The molecule has 3 heteroatoms. The van der Waals surface area contributed by atoms with Gasteiger partial charge in [-0.1, -0.05) is 22.0 Å². The van der Waals surface area contributed by atoms with Gasteiger partial charge in [-0.05, 0) is 17.7 Å². The first-order valence-electron chi connectivity index (χ1n) is 3.34. The highest BCUT2D eigenvalue weighted by Crippen LogP contribution is 2.20. The van der Waals surface area contributed by atoms with Crippen molar-refractivity contribution in [2.45, 2.75) is 6.42 Å². The molecule has 0 N–H and O–H groups in total. The van der Waals surface area contributed by atoms with Crippen LogP contribution < -0.4 is 0 Å². The van der Waals surface area contributed by atoms with Gasteiger partial charge < -0.3 is 0 Å². The molecule has 0 heterocycles. The molecule has 0 aromatic heterocycles. The van der Waals surface area contributed by atoms with E-state index in [1.807, 2.05) is 18.2 Å². The van der Waals surface area contributed by atoms with Crippen molar-refractivity contribution < 1.29 is 0 Å². The van der Waals surface area contributed by atoms with E-state index in [1.165, 1.54) is 0 Å². The summed E-state index contributed by atoms with van der Waals surface area (Å²) in [5, 5.41) is 17.2. The van der Waals surface area contributed by atoms with Crippen LogP contribution in [0.1, 0.15) is 11.1 Å². The molecular formula is C9H5BrN2. The molecule has 2 nitrogen and oxygen atoms in total. The van der Waals surface area contributed by atoms with Crippen molar-refractivity contribution in [1.82, 2.24) is 0 Å². The highest BCUT2D eigenvalue weighted by atomic mass is 79.9. The summed E-state index contributed by atoms with van der Waals surface area (Å²) in [6.45, 7) is 0. The molecule has 0 saturated carbocycles. The zero-order valence-electron chi connectivity index (χ0n) is 6.21. The summed E-state index contributed by atoms with van der Waals surface area (Å²) in [5.74, 6) is 0. The zero-order valence-corrected chi connectivity index (χ0v) is 7.80. The van der Waals surface area contributed by atoms with E-state index in [0.29, 0.717) is 5.56 Å². The Hall–Kier alpha value is -1.32. The van der Waals surface area contributed by atoms with Crippen LogP contribution in [0, 0.1) is 22.7 Å². The lowest BCUT2D eigenvalue weighted by molar-refractivity contribution is 1.22. The molecule has 0 amide bonds. The minimum Gasteiger partial charge on any atom is -0.198 e. The normalized spacial score (nSPS) is 8.58. The van der Waals surface area contributed by atoms with Crippen molar-refractivity contribution in [2.75, 3.05) is 0 Å². The van der Waals surface area contributed by atoms with Crippen molar-refractivity contribution in [3.05, 3.63) is 33.8 Å². The topological polar surface area (TPSA) is 47.6 Å². The molecule has 0 unspecified atom stereocenters. The largest absolute Gasteiger partial charge is 0.198 e. The summed E-state index contributed by atoms with van der Waals surface area (Å²) in [7, 11) is 0. The Morgan fingerprint density at radius 2 is 2.08 bits per heavy atom. The molecule has 1 aromatic carbocycles. The molecule has 0 aliphatic carbocycles. The third-order valence-electron chi connectivity index (χ3n) is 1.50. The highest BCUT2D eigenvalue weighted by molar-refractivity contribution is 9.10. The van der Waals surface area contributed by atoms with Crippen LogP contribution in [0.3, 0.4) is 0 Å². The second-order valence-corrected chi connectivity index (χ2v) is 3.07. The predicted octanol–water partition coefficient (Wildman–Crippen LogP) is 2.39. The first kappa shape index (κ1) is 8.77. The molecule has 0 aliphatic rings. The Labute approximate surface area is 79.2 Å². The van der Waals surface area contributed by atoms with E-state index in [1.54, 1.807) is 12.1 Å². The van der Waals surface area contributed by atoms with E-state index in [0.717, 1.165) is 10.0 Å². The fourth-order valence-corrected chi connectivity index (χ4v) is 1.43. The first-order valence-corrected chi connectivity index (χ1v) is 4.13. The Morgan fingerprint density at radius 3 is 2.67 bits per heavy atom. The summed E-state index contributed by atoms with van der Waals surface area (Å²) < 4.78 is 0.822. The molecule has 12 heavy (non-hydrogen) atoms. The van der Waals surface area contributed by atoms with Gasteiger partial charge in [0.1, 0.15) is 0 Å². The smallest absolute Gasteiger partial charge is 0.0995 e. The zero-order chi connectivity index (χ0) is 8.97. The highest BCUT2D eigenvalue weighted by Gasteiger charge is 2.04. The van der Waals surface area contributed by atoms with Crippen molar-refractivity contribution in [1.29, 1.82) is 10.5 Å².